The van der Waals surface area contributed by atoms with Crippen molar-refractivity contribution >= 4 is 45.6 Å². The maximum absolute atomic E-state index is 11.6. The predicted molar refractivity (Wildman–Crippen MR) is 183 cm³/mol. The molecule has 0 aromatic heterocycles. The third-order valence-corrected chi connectivity index (χ3v) is 9.11. The lowest BCUT2D eigenvalue weighted by Gasteiger charge is -2.31. The lowest BCUT2D eigenvalue weighted by molar-refractivity contribution is 0.181. The summed E-state index contributed by atoms with van der Waals surface area (Å²) in [5.74, 6) is 0. The van der Waals surface area contributed by atoms with Crippen molar-refractivity contribution in [2.75, 3.05) is 77.0 Å². The Balaban J connectivity index is -0.000000211. The summed E-state index contributed by atoms with van der Waals surface area (Å²) < 4.78 is 68.5. The van der Waals surface area contributed by atoms with E-state index in [-0.39, 0.29) is 68.4 Å². The van der Waals surface area contributed by atoms with Crippen molar-refractivity contribution in [1.29, 1.82) is 0 Å². The molecule has 0 aromatic carbocycles. The Morgan fingerprint density at radius 2 is 0.347 bits per heavy atom. The highest BCUT2D eigenvalue weighted by Gasteiger charge is 2.29. The van der Waals surface area contributed by atoms with Gasteiger partial charge in [0.1, 0.15) is 37.7 Å². The molecule has 0 fully saturated rings. The summed E-state index contributed by atoms with van der Waals surface area (Å²) in [6.07, 6.45) is -6.33. The summed E-state index contributed by atoms with van der Waals surface area (Å²) in [7, 11) is -28.8. The quantitative estimate of drug-likeness (QED) is 0.0582. The maximum Gasteiger partial charge on any atom is 0.339 e. The molecule has 0 rings (SSSR count). The lowest BCUT2D eigenvalue weighted by Crippen LogP contribution is -2.43. The van der Waals surface area contributed by atoms with Crippen molar-refractivity contribution in [3.05, 3.63) is 0 Å². The first-order chi connectivity index (χ1) is 17.5. The summed E-state index contributed by atoms with van der Waals surface area (Å²) in [5.41, 5.74) is 0. The predicted octanol–water partition coefficient (Wildman–Crippen LogP) is -1.54. The van der Waals surface area contributed by atoms with Gasteiger partial charge >= 0.3 is 45.6 Å². The Kier molecular flexibility index (Phi) is 45.3. The molecule has 0 amide bonds. The van der Waals surface area contributed by atoms with E-state index in [0.29, 0.717) is 9.80 Å². The molecule has 0 aromatic rings. The number of hydrogen-bond donors (Lipinski definition) is 21. The summed E-state index contributed by atoms with van der Waals surface area (Å²) in [5, 5.41) is 0. The van der Waals surface area contributed by atoms with Crippen LogP contribution >= 0.6 is 45.6 Å². The maximum atomic E-state index is 11.6. The van der Waals surface area contributed by atoms with Crippen LogP contribution in [0.4, 0.5) is 0 Å². The third-order valence-electron chi connectivity index (χ3n) is 4.50. The molecule has 0 radical (unpaired) electrons. The normalized spacial score (nSPS) is 12.0. The van der Waals surface area contributed by atoms with E-state index in [0.717, 1.165) is 9.80 Å². The number of rotatable bonds is 21. The minimum Gasteiger partial charge on any atom is -0.344 e. The van der Waals surface area contributed by atoms with Gasteiger partial charge in [-0.3, -0.25) is 47.0 Å². The fourth-order valence-corrected chi connectivity index (χ4v) is 8.26. The average Bonchev–Trinajstić information content (AvgIpc) is 2.60. The SMILES string of the molecule is N.N.N.N.N.N.N.N.N.O=P(O)(O)CN(CCN(CCN(CP(=O)(O)O)CP(=O)(O)O)CP(=O)(O)O)CCN(CP(=O)(O)O)CP(=O)(O)O. The van der Waals surface area contributed by atoms with Gasteiger partial charge in [0.15, 0.2) is 0 Å². The van der Waals surface area contributed by atoms with Gasteiger partial charge in [-0.25, -0.2) is 0 Å². The molecule has 0 unspecified atom stereocenters. The minimum absolute atomic E-state index is 0. The van der Waals surface area contributed by atoms with Crippen molar-refractivity contribution in [3.8, 4) is 0 Å². The zero-order valence-corrected chi connectivity index (χ0v) is 32.5. The van der Waals surface area contributed by atoms with Crippen LogP contribution in [0.1, 0.15) is 0 Å². The van der Waals surface area contributed by atoms with Crippen LogP contribution in [-0.2, 0) is 27.4 Å². The topological polar surface area (TPSA) is 673 Å². The highest BCUT2D eigenvalue weighted by molar-refractivity contribution is 7.53. The van der Waals surface area contributed by atoms with Gasteiger partial charge in [0, 0.05) is 39.3 Å². The molecule has 39 N–H and O–H groups in total. The lowest BCUT2D eigenvalue weighted by atomic mass is 10.4. The fourth-order valence-electron chi connectivity index (χ4n) is 3.29. The summed E-state index contributed by atoms with van der Waals surface area (Å²) in [6, 6.07) is 0. The summed E-state index contributed by atoms with van der Waals surface area (Å²) >= 11 is 0. The van der Waals surface area contributed by atoms with Crippen LogP contribution in [0, 0.1) is 0 Å². The Hall–Kier alpha value is 0.380. The van der Waals surface area contributed by atoms with Gasteiger partial charge in [0.2, 0.25) is 0 Å². The smallest absolute Gasteiger partial charge is 0.339 e. The molecule has 0 spiro atoms. The number of nitrogens with zero attached hydrogens (tertiary/aromatic N) is 4. The van der Waals surface area contributed by atoms with Crippen molar-refractivity contribution in [2.24, 2.45) is 0 Å². The molecule has 0 aliphatic carbocycles. The molecule has 0 aliphatic rings. The van der Waals surface area contributed by atoms with Gasteiger partial charge in [0.05, 0.1) is 0 Å². The Bertz CT molecular complexity index is 963. The second kappa shape index (κ2) is 29.8. The van der Waals surface area contributed by atoms with Gasteiger partial charge < -0.3 is 114 Å². The molecule has 49 heavy (non-hydrogen) atoms. The van der Waals surface area contributed by atoms with E-state index in [1.54, 1.807) is 0 Å². The summed E-state index contributed by atoms with van der Waals surface area (Å²) in [6.45, 7) is -2.65. The van der Waals surface area contributed by atoms with Crippen LogP contribution in [-0.4, -0.2) is 155 Å². The Morgan fingerprint density at radius 3 is 0.469 bits per heavy atom. The monoisotopic (exact) mass is 863 g/mol. The average molecular weight is 864 g/mol. The zero-order valence-electron chi connectivity index (χ0n) is 27.1. The Morgan fingerprint density at radius 1 is 0.245 bits per heavy atom. The highest BCUT2D eigenvalue weighted by Crippen LogP contribution is 2.42. The van der Waals surface area contributed by atoms with E-state index in [1.165, 1.54) is 0 Å². The molecule has 0 atom stereocenters. The third kappa shape index (κ3) is 50.5. The van der Waals surface area contributed by atoms with Crippen molar-refractivity contribution in [1.82, 2.24) is 75.0 Å². The van der Waals surface area contributed by atoms with E-state index < -0.39 is 109 Å². The molecule has 37 heteroatoms. The van der Waals surface area contributed by atoms with Crippen LogP contribution in [0.25, 0.3) is 0 Å². The van der Waals surface area contributed by atoms with Crippen LogP contribution in [0.3, 0.4) is 0 Å². The van der Waals surface area contributed by atoms with Gasteiger partial charge in [0.25, 0.3) is 0 Å². The zero-order chi connectivity index (χ0) is 31.8. The fraction of sp³-hybridized carbons (Fsp3) is 1.00. The van der Waals surface area contributed by atoms with E-state index in [9.17, 15) is 47.0 Å². The molecule has 0 heterocycles. The molecular formula is C12H63N13O18P6. The summed E-state index contributed by atoms with van der Waals surface area (Å²) in [4.78, 5) is 114. The second-order valence-corrected chi connectivity index (χ2v) is 18.5. The van der Waals surface area contributed by atoms with Gasteiger partial charge in [-0.2, -0.15) is 0 Å². The largest absolute Gasteiger partial charge is 0.344 e. The molecular weight excluding hydrogens is 800 g/mol. The van der Waals surface area contributed by atoms with Crippen molar-refractivity contribution < 1.29 is 86.1 Å². The van der Waals surface area contributed by atoms with Crippen molar-refractivity contribution in [2.45, 2.75) is 0 Å². The van der Waals surface area contributed by atoms with E-state index >= 15 is 0 Å². The van der Waals surface area contributed by atoms with Gasteiger partial charge in [-0.15, -0.1) is 0 Å². The van der Waals surface area contributed by atoms with E-state index in [1.807, 2.05) is 0 Å². The molecule has 31 nitrogen and oxygen atoms in total. The Labute approximate surface area is 283 Å². The van der Waals surface area contributed by atoms with Gasteiger partial charge in [-0.1, -0.05) is 0 Å². The van der Waals surface area contributed by atoms with Crippen molar-refractivity contribution in [3.63, 3.8) is 0 Å². The molecule has 314 valence electrons. The molecule has 0 saturated carbocycles. The minimum atomic E-state index is -4.81. The molecule has 0 saturated heterocycles. The van der Waals surface area contributed by atoms with Crippen LogP contribution in [0.2, 0.25) is 0 Å². The molecule has 0 aliphatic heterocycles. The van der Waals surface area contributed by atoms with Crippen LogP contribution < -0.4 is 55.4 Å². The van der Waals surface area contributed by atoms with E-state index in [2.05, 4.69) is 0 Å². The van der Waals surface area contributed by atoms with Crippen LogP contribution in [0.15, 0.2) is 0 Å². The van der Waals surface area contributed by atoms with Gasteiger partial charge in [-0.05, 0) is 0 Å². The van der Waals surface area contributed by atoms with E-state index in [4.69, 9.17) is 39.1 Å². The highest BCUT2D eigenvalue weighted by atomic mass is 31.2. The first-order valence-electron chi connectivity index (χ1n) is 10.7. The molecule has 0 bridgehead atoms. The number of hydrogen-bond acceptors (Lipinski definition) is 19. The first-order valence-corrected chi connectivity index (χ1v) is 21.5. The van der Waals surface area contributed by atoms with Crippen LogP contribution in [0.5, 0.6) is 0 Å². The first kappa shape index (κ1) is 74.5. The second-order valence-electron chi connectivity index (χ2n) is 8.86. The standard InChI is InChI=1S/C12H36N4O18P6.9H3N/c17-35(18,19)7-13(3-5-15(9-37(23,24)25)10-38(26,27)28)1-2-14(8-36(20,21)22)4-6-16(11-39(29,30)31)12-40(32,33)34;;;;;;;;;/h1-12H2,(H2,17,18,19)(H2,20,21,22)(H2,23,24,25)(H2,26,27,28)(H2,29,30,31)(H2,32,33,34);9*1H3.